The molecule has 15 heavy (non-hydrogen) atoms. The Bertz CT molecular complexity index is 141. The molecule has 0 saturated carbocycles. The highest BCUT2D eigenvalue weighted by Gasteiger charge is 2.08. The molecular formula is C11H23BrN2O. The van der Waals surface area contributed by atoms with Crippen LogP contribution < -0.4 is 5.32 Å². The van der Waals surface area contributed by atoms with Gasteiger partial charge >= 0.3 is 0 Å². The van der Waals surface area contributed by atoms with E-state index in [1.54, 1.807) is 0 Å². The Kier molecular flexibility index (Phi) is 8.57. The monoisotopic (exact) mass is 278 g/mol. The minimum absolute atomic E-state index is 0.908. The van der Waals surface area contributed by atoms with Gasteiger partial charge in [0.15, 0.2) is 0 Å². The van der Waals surface area contributed by atoms with Crippen molar-refractivity contribution in [3.63, 3.8) is 0 Å². The van der Waals surface area contributed by atoms with Gasteiger partial charge in [0.25, 0.3) is 0 Å². The van der Waals surface area contributed by atoms with Crippen molar-refractivity contribution in [3.8, 4) is 0 Å². The van der Waals surface area contributed by atoms with E-state index >= 15 is 0 Å². The smallest absolute Gasteiger partial charge is 0.0594 e. The van der Waals surface area contributed by atoms with E-state index in [1.165, 1.54) is 25.8 Å². The van der Waals surface area contributed by atoms with E-state index in [0.717, 1.165) is 44.7 Å². The van der Waals surface area contributed by atoms with Crippen molar-refractivity contribution in [2.45, 2.75) is 19.3 Å². The van der Waals surface area contributed by atoms with Crippen LogP contribution in [0.1, 0.15) is 19.3 Å². The number of rotatable bonds is 8. The second-order valence-corrected chi connectivity index (χ2v) is 4.75. The van der Waals surface area contributed by atoms with E-state index in [2.05, 4.69) is 26.1 Å². The minimum atomic E-state index is 0.908. The molecule has 4 heteroatoms. The Hall–Kier alpha value is 0.360. The molecule has 1 heterocycles. The first kappa shape index (κ1) is 13.4. The third-order valence-electron chi connectivity index (χ3n) is 2.70. The van der Waals surface area contributed by atoms with Crippen molar-refractivity contribution in [1.29, 1.82) is 0 Å². The molecule has 90 valence electrons. The highest BCUT2D eigenvalue weighted by atomic mass is 79.9. The van der Waals surface area contributed by atoms with Crippen LogP contribution in [0.5, 0.6) is 0 Å². The van der Waals surface area contributed by atoms with Gasteiger partial charge in [-0.25, -0.2) is 0 Å². The molecule has 0 aromatic carbocycles. The van der Waals surface area contributed by atoms with Crippen LogP contribution >= 0.6 is 15.9 Å². The first-order valence-electron chi connectivity index (χ1n) is 6.00. The number of nitrogens with zero attached hydrogens (tertiary/aromatic N) is 1. The quantitative estimate of drug-likeness (QED) is 0.538. The molecule has 0 unspecified atom stereocenters. The summed E-state index contributed by atoms with van der Waals surface area (Å²) in [5, 5.41) is 4.63. The fourth-order valence-corrected chi connectivity index (χ4v) is 2.10. The van der Waals surface area contributed by atoms with Gasteiger partial charge in [-0.05, 0) is 19.4 Å². The van der Waals surface area contributed by atoms with Gasteiger partial charge in [-0.15, -0.1) is 0 Å². The molecule has 0 bridgehead atoms. The Labute approximate surface area is 102 Å². The van der Waals surface area contributed by atoms with Crippen LogP contribution in [0.2, 0.25) is 0 Å². The molecule has 1 fully saturated rings. The van der Waals surface area contributed by atoms with Crippen molar-refractivity contribution in [2.24, 2.45) is 0 Å². The largest absolute Gasteiger partial charge is 0.379 e. The van der Waals surface area contributed by atoms with Crippen molar-refractivity contribution in [2.75, 3.05) is 51.3 Å². The lowest BCUT2D eigenvalue weighted by atomic mass is 10.2. The number of hydrogen-bond donors (Lipinski definition) is 1. The summed E-state index contributed by atoms with van der Waals surface area (Å²) in [6.45, 7) is 7.47. The average Bonchev–Trinajstić information content (AvgIpc) is 2.29. The standard InChI is InChI=1S/C11H23BrN2O/c12-4-2-1-3-5-13-6-7-14-8-10-15-11-9-14/h13H,1-11H2. The zero-order valence-electron chi connectivity index (χ0n) is 9.51. The third kappa shape index (κ3) is 7.28. The fourth-order valence-electron chi connectivity index (χ4n) is 1.71. The number of hydrogen-bond acceptors (Lipinski definition) is 3. The number of halogens is 1. The lowest BCUT2D eigenvalue weighted by molar-refractivity contribution is 0.0384. The van der Waals surface area contributed by atoms with Crippen molar-refractivity contribution in [1.82, 2.24) is 10.2 Å². The van der Waals surface area contributed by atoms with Crippen LogP contribution in [0, 0.1) is 0 Å². The SMILES string of the molecule is BrCCCCCNCCN1CCOCC1. The first-order valence-corrected chi connectivity index (χ1v) is 7.12. The molecule has 0 spiro atoms. The van der Waals surface area contributed by atoms with Crippen LogP contribution in [0.3, 0.4) is 0 Å². The number of alkyl halides is 1. The fraction of sp³-hybridized carbons (Fsp3) is 1.00. The second kappa shape index (κ2) is 9.58. The van der Waals surface area contributed by atoms with Crippen molar-refractivity contribution in [3.05, 3.63) is 0 Å². The highest BCUT2D eigenvalue weighted by molar-refractivity contribution is 9.09. The van der Waals surface area contributed by atoms with Crippen LogP contribution in [0.15, 0.2) is 0 Å². The molecule has 1 aliphatic rings. The number of morpholine rings is 1. The molecule has 0 radical (unpaired) electrons. The number of nitrogens with one attached hydrogen (secondary N) is 1. The van der Waals surface area contributed by atoms with Gasteiger partial charge in [-0.3, -0.25) is 4.90 Å². The topological polar surface area (TPSA) is 24.5 Å². The van der Waals surface area contributed by atoms with Gasteiger partial charge in [-0.2, -0.15) is 0 Å². The van der Waals surface area contributed by atoms with Crippen molar-refractivity contribution >= 4 is 15.9 Å². The number of unbranched alkanes of at least 4 members (excludes halogenated alkanes) is 2. The summed E-state index contributed by atoms with van der Waals surface area (Å²) in [6, 6.07) is 0. The number of ether oxygens (including phenoxy) is 1. The molecule has 3 nitrogen and oxygen atoms in total. The lowest BCUT2D eigenvalue weighted by Gasteiger charge is -2.26. The summed E-state index contributed by atoms with van der Waals surface area (Å²) in [5.41, 5.74) is 0. The molecule has 1 rings (SSSR count). The van der Waals surface area contributed by atoms with Gasteiger partial charge in [-0.1, -0.05) is 22.4 Å². The van der Waals surface area contributed by atoms with Gasteiger partial charge in [0.2, 0.25) is 0 Å². The molecular weight excluding hydrogens is 256 g/mol. The zero-order chi connectivity index (χ0) is 10.8. The lowest BCUT2D eigenvalue weighted by Crippen LogP contribution is -2.40. The molecule has 1 aliphatic heterocycles. The maximum atomic E-state index is 5.30. The predicted molar refractivity (Wildman–Crippen MR) is 67.8 cm³/mol. The van der Waals surface area contributed by atoms with Crippen molar-refractivity contribution < 1.29 is 4.74 Å². The summed E-state index contributed by atoms with van der Waals surface area (Å²) < 4.78 is 5.30. The summed E-state index contributed by atoms with van der Waals surface area (Å²) >= 11 is 3.45. The van der Waals surface area contributed by atoms with Gasteiger partial charge < -0.3 is 10.1 Å². The Morgan fingerprint density at radius 1 is 1.07 bits per heavy atom. The van der Waals surface area contributed by atoms with Crippen LogP contribution in [-0.4, -0.2) is 56.2 Å². The molecule has 1 saturated heterocycles. The highest BCUT2D eigenvalue weighted by Crippen LogP contribution is 1.97. The van der Waals surface area contributed by atoms with E-state index in [9.17, 15) is 0 Å². The van der Waals surface area contributed by atoms with Gasteiger partial charge in [0.1, 0.15) is 0 Å². The zero-order valence-corrected chi connectivity index (χ0v) is 11.1. The normalized spacial score (nSPS) is 18.2. The Balaban J connectivity index is 1.79. The summed E-state index contributed by atoms with van der Waals surface area (Å²) in [7, 11) is 0. The average molecular weight is 279 g/mol. The van der Waals surface area contributed by atoms with Crippen LogP contribution in [0.25, 0.3) is 0 Å². The Morgan fingerprint density at radius 3 is 2.60 bits per heavy atom. The summed E-state index contributed by atoms with van der Waals surface area (Å²) in [4.78, 5) is 2.47. The van der Waals surface area contributed by atoms with E-state index in [4.69, 9.17) is 4.74 Å². The van der Waals surface area contributed by atoms with Crippen LogP contribution in [0.4, 0.5) is 0 Å². The van der Waals surface area contributed by atoms with E-state index in [-0.39, 0.29) is 0 Å². The second-order valence-electron chi connectivity index (χ2n) is 3.95. The molecule has 1 N–H and O–H groups in total. The summed E-state index contributed by atoms with van der Waals surface area (Å²) in [6.07, 6.45) is 3.93. The maximum Gasteiger partial charge on any atom is 0.0594 e. The predicted octanol–water partition coefficient (Wildman–Crippen LogP) is 1.47. The van der Waals surface area contributed by atoms with E-state index < -0.39 is 0 Å². The van der Waals surface area contributed by atoms with Gasteiger partial charge in [0, 0.05) is 31.5 Å². The first-order chi connectivity index (χ1) is 7.43. The molecule has 0 amide bonds. The van der Waals surface area contributed by atoms with Gasteiger partial charge in [0.05, 0.1) is 13.2 Å². The maximum absolute atomic E-state index is 5.30. The van der Waals surface area contributed by atoms with Crippen LogP contribution in [-0.2, 0) is 4.74 Å². The molecule has 0 aromatic heterocycles. The molecule has 0 aliphatic carbocycles. The molecule has 0 aromatic rings. The van der Waals surface area contributed by atoms with E-state index in [0.29, 0.717) is 0 Å². The molecule has 0 atom stereocenters. The minimum Gasteiger partial charge on any atom is -0.379 e. The third-order valence-corrected chi connectivity index (χ3v) is 3.26. The summed E-state index contributed by atoms with van der Waals surface area (Å²) in [5.74, 6) is 0. The Morgan fingerprint density at radius 2 is 1.87 bits per heavy atom. The van der Waals surface area contributed by atoms with E-state index in [1.807, 2.05) is 0 Å².